The highest BCUT2D eigenvalue weighted by Gasteiger charge is 2.26. The molecule has 13 heavy (non-hydrogen) atoms. The Hall–Kier alpha value is -0.830. The van der Waals surface area contributed by atoms with E-state index < -0.39 is 0 Å². The third-order valence-corrected chi connectivity index (χ3v) is 2.25. The molecule has 0 aromatic heterocycles. The number of likely N-dealkylation sites (tertiary alicyclic amines) is 1. The van der Waals surface area contributed by atoms with E-state index in [2.05, 4.69) is 18.8 Å². The molecule has 0 aromatic carbocycles. The monoisotopic (exact) mass is 182 g/mol. The molecule has 0 aromatic rings. The molecule has 1 saturated heterocycles. The van der Waals surface area contributed by atoms with Gasteiger partial charge in [0.2, 0.25) is 5.91 Å². The zero-order valence-electron chi connectivity index (χ0n) is 8.47. The fourth-order valence-corrected chi connectivity index (χ4v) is 1.70. The maximum atomic E-state index is 11.4. The van der Waals surface area contributed by atoms with Gasteiger partial charge >= 0.3 is 0 Å². The Kier molecular flexibility index (Phi) is 3.48. The molecule has 1 amide bonds. The highest BCUT2D eigenvalue weighted by atomic mass is 16.2. The van der Waals surface area contributed by atoms with E-state index in [0.717, 1.165) is 18.7 Å². The largest absolute Gasteiger partial charge is 0.338 e. The molecular weight excluding hydrogens is 164 g/mol. The first-order valence-electron chi connectivity index (χ1n) is 4.72. The van der Waals surface area contributed by atoms with E-state index in [0.29, 0.717) is 18.9 Å². The minimum Gasteiger partial charge on any atom is -0.338 e. The lowest BCUT2D eigenvalue weighted by Crippen LogP contribution is -2.29. The maximum absolute atomic E-state index is 11.4. The van der Waals surface area contributed by atoms with E-state index in [9.17, 15) is 4.79 Å². The smallest absolute Gasteiger partial charge is 0.223 e. The predicted octanol–water partition coefficient (Wildman–Crippen LogP) is 0.630. The lowest BCUT2D eigenvalue weighted by Gasteiger charge is -2.17. The SMILES string of the molecule is C=C(CNC)CN1CC(C)CC1=O. The highest BCUT2D eigenvalue weighted by Crippen LogP contribution is 2.17. The molecule has 1 aliphatic heterocycles. The van der Waals surface area contributed by atoms with Crippen molar-refractivity contribution in [2.45, 2.75) is 13.3 Å². The summed E-state index contributed by atoms with van der Waals surface area (Å²) in [6.45, 7) is 8.41. The Balaban J connectivity index is 2.37. The summed E-state index contributed by atoms with van der Waals surface area (Å²) in [5.74, 6) is 0.777. The number of amides is 1. The minimum atomic E-state index is 0.268. The van der Waals surface area contributed by atoms with Gasteiger partial charge in [0.05, 0.1) is 0 Å². The summed E-state index contributed by atoms with van der Waals surface area (Å²) >= 11 is 0. The number of nitrogens with zero attached hydrogens (tertiary/aromatic N) is 1. The van der Waals surface area contributed by atoms with Gasteiger partial charge in [-0.05, 0) is 18.5 Å². The molecule has 1 aliphatic rings. The van der Waals surface area contributed by atoms with E-state index in [1.807, 2.05) is 11.9 Å². The van der Waals surface area contributed by atoms with Crippen molar-refractivity contribution in [3.63, 3.8) is 0 Å². The Bertz CT molecular complexity index is 213. The molecule has 3 heteroatoms. The molecule has 0 spiro atoms. The molecule has 1 rings (SSSR count). The van der Waals surface area contributed by atoms with Gasteiger partial charge in [-0.2, -0.15) is 0 Å². The highest BCUT2D eigenvalue weighted by molar-refractivity contribution is 5.78. The van der Waals surface area contributed by atoms with Crippen LogP contribution in [0, 0.1) is 5.92 Å². The summed E-state index contributed by atoms with van der Waals surface area (Å²) in [6, 6.07) is 0. The number of carbonyl (C=O) groups excluding carboxylic acids is 1. The van der Waals surface area contributed by atoms with Crippen molar-refractivity contribution in [2.24, 2.45) is 5.92 Å². The third kappa shape index (κ3) is 2.84. The fraction of sp³-hybridized carbons (Fsp3) is 0.700. The third-order valence-electron chi connectivity index (χ3n) is 2.25. The molecular formula is C10H18N2O. The zero-order valence-corrected chi connectivity index (χ0v) is 8.47. The molecule has 0 radical (unpaired) electrons. The normalized spacial score (nSPS) is 22.5. The summed E-state index contributed by atoms with van der Waals surface area (Å²) in [6.07, 6.45) is 0.701. The average molecular weight is 182 g/mol. The Morgan fingerprint density at radius 3 is 2.92 bits per heavy atom. The van der Waals surface area contributed by atoms with Crippen LogP contribution in [0.2, 0.25) is 0 Å². The second kappa shape index (κ2) is 4.42. The summed E-state index contributed by atoms with van der Waals surface area (Å²) in [4.78, 5) is 13.3. The number of hydrogen-bond donors (Lipinski definition) is 1. The summed E-state index contributed by atoms with van der Waals surface area (Å²) in [5.41, 5.74) is 1.07. The van der Waals surface area contributed by atoms with Gasteiger partial charge in [0.1, 0.15) is 0 Å². The molecule has 1 N–H and O–H groups in total. The molecule has 0 aliphatic carbocycles. The van der Waals surface area contributed by atoms with Gasteiger partial charge in [0.25, 0.3) is 0 Å². The molecule has 74 valence electrons. The Morgan fingerprint density at radius 2 is 2.46 bits per heavy atom. The fourth-order valence-electron chi connectivity index (χ4n) is 1.70. The maximum Gasteiger partial charge on any atom is 0.223 e. The first-order valence-corrected chi connectivity index (χ1v) is 4.72. The van der Waals surface area contributed by atoms with Crippen LogP contribution in [0.4, 0.5) is 0 Å². The molecule has 3 nitrogen and oxygen atoms in total. The van der Waals surface area contributed by atoms with Gasteiger partial charge in [-0.25, -0.2) is 0 Å². The van der Waals surface area contributed by atoms with Crippen LogP contribution in [0.1, 0.15) is 13.3 Å². The van der Waals surface area contributed by atoms with Crippen molar-refractivity contribution in [1.29, 1.82) is 0 Å². The van der Waals surface area contributed by atoms with Gasteiger partial charge in [-0.3, -0.25) is 4.79 Å². The van der Waals surface area contributed by atoms with E-state index in [1.54, 1.807) is 0 Å². The van der Waals surface area contributed by atoms with Crippen molar-refractivity contribution < 1.29 is 4.79 Å². The van der Waals surface area contributed by atoms with Crippen molar-refractivity contribution in [2.75, 3.05) is 26.7 Å². The standard InChI is InChI=1S/C10H18N2O/c1-8-4-10(13)12(6-8)7-9(2)5-11-3/h8,11H,2,4-7H2,1,3H3. The van der Waals surface area contributed by atoms with Crippen LogP contribution in [-0.2, 0) is 4.79 Å². The molecule has 1 heterocycles. The predicted molar refractivity (Wildman–Crippen MR) is 53.4 cm³/mol. The Labute approximate surface area is 79.8 Å². The number of rotatable bonds is 4. The van der Waals surface area contributed by atoms with E-state index in [4.69, 9.17) is 0 Å². The van der Waals surface area contributed by atoms with Crippen molar-refractivity contribution in [1.82, 2.24) is 10.2 Å². The molecule has 1 atom stereocenters. The van der Waals surface area contributed by atoms with Crippen molar-refractivity contribution >= 4 is 5.91 Å². The van der Waals surface area contributed by atoms with Crippen molar-refractivity contribution in [3.8, 4) is 0 Å². The van der Waals surface area contributed by atoms with Gasteiger partial charge in [-0.15, -0.1) is 0 Å². The van der Waals surface area contributed by atoms with Crippen LogP contribution in [0.25, 0.3) is 0 Å². The van der Waals surface area contributed by atoms with E-state index >= 15 is 0 Å². The summed E-state index contributed by atoms with van der Waals surface area (Å²) < 4.78 is 0. The van der Waals surface area contributed by atoms with Gasteiger partial charge in [0, 0.05) is 26.1 Å². The van der Waals surface area contributed by atoms with Gasteiger partial charge in [-0.1, -0.05) is 13.5 Å². The van der Waals surface area contributed by atoms with Crippen LogP contribution in [-0.4, -0.2) is 37.5 Å². The van der Waals surface area contributed by atoms with E-state index in [-0.39, 0.29) is 5.91 Å². The topological polar surface area (TPSA) is 32.3 Å². The van der Waals surface area contributed by atoms with Crippen LogP contribution in [0.3, 0.4) is 0 Å². The first kappa shape index (κ1) is 10.3. The first-order chi connectivity index (χ1) is 6.13. The molecule has 0 bridgehead atoms. The second-order valence-electron chi connectivity index (χ2n) is 3.86. The van der Waals surface area contributed by atoms with Crippen LogP contribution in [0.15, 0.2) is 12.2 Å². The van der Waals surface area contributed by atoms with Gasteiger partial charge < -0.3 is 10.2 Å². The number of nitrogens with one attached hydrogen (secondary N) is 1. The van der Waals surface area contributed by atoms with Crippen LogP contribution >= 0.6 is 0 Å². The zero-order chi connectivity index (χ0) is 9.84. The number of hydrogen-bond acceptors (Lipinski definition) is 2. The quantitative estimate of drug-likeness (QED) is 0.647. The lowest BCUT2D eigenvalue weighted by molar-refractivity contribution is -0.127. The van der Waals surface area contributed by atoms with Crippen LogP contribution < -0.4 is 5.32 Å². The summed E-state index contributed by atoms with van der Waals surface area (Å²) in [7, 11) is 1.89. The second-order valence-corrected chi connectivity index (χ2v) is 3.86. The van der Waals surface area contributed by atoms with Crippen LogP contribution in [0.5, 0.6) is 0 Å². The summed E-state index contributed by atoms with van der Waals surface area (Å²) in [5, 5.41) is 3.03. The number of carbonyl (C=O) groups is 1. The Morgan fingerprint density at radius 1 is 1.77 bits per heavy atom. The molecule has 1 fully saturated rings. The molecule has 0 saturated carbocycles. The van der Waals surface area contributed by atoms with Gasteiger partial charge in [0.15, 0.2) is 0 Å². The average Bonchev–Trinajstić information content (AvgIpc) is 2.30. The van der Waals surface area contributed by atoms with Crippen molar-refractivity contribution in [3.05, 3.63) is 12.2 Å². The number of likely N-dealkylation sites (N-methyl/N-ethyl adjacent to an activating group) is 1. The lowest BCUT2D eigenvalue weighted by atomic mass is 10.2. The molecule has 1 unspecified atom stereocenters. The minimum absolute atomic E-state index is 0.268. The van der Waals surface area contributed by atoms with E-state index in [1.165, 1.54) is 0 Å².